The van der Waals surface area contributed by atoms with Crippen LogP contribution in [0.1, 0.15) is 43.9 Å². The summed E-state index contributed by atoms with van der Waals surface area (Å²) < 4.78 is 9.16. The normalized spacial score (nSPS) is 13.6. The Kier molecular flexibility index (Phi) is 6.64. The molecule has 1 aromatic rings. The SMILES string of the molecule is C=CCN1C(=O)c2ccc(C(=O)NC(CCC(=O)OC)C(=O)OC)cc2C1=O. The number of ether oxygens (including phenoxy) is 2. The van der Waals surface area contributed by atoms with Gasteiger partial charge in [-0.3, -0.25) is 24.1 Å². The Bertz CT molecular complexity index is 847. The number of imide groups is 1. The van der Waals surface area contributed by atoms with Gasteiger partial charge in [0.25, 0.3) is 17.7 Å². The van der Waals surface area contributed by atoms with Gasteiger partial charge in [0.2, 0.25) is 0 Å². The third-order valence-corrected chi connectivity index (χ3v) is 4.20. The number of nitrogens with one attached hydrogen (secondary N) is 1. The second kappa shape index (κ2) is 8.94. The first-order chi connectivity index (χ1) is 13.3. The van der Waals surface area contributed by atoms with Gasteiger partial charge in [0.15, 0.2) is 0 Å². The van der Waals surface area contributed by atoms with Crippen LogP contribution in [0.3, 0.4) is 0 Å². The number of hydrogen-bond donors (Lipinski definition) is 1. The highest BCUT2D eigenvalue weighted by Gasteiger charge is 2.35. The third kappa shape index (κ3) is 4.25. The lowest BCUT2D eigenvalue weighted by atomic mass is 10.0. The first-order valence-electron chi connectivity index (χ1n) is 8.40. The highest BCUT2D eigenvalue weighted by atomic mass is 16.5. The van der Waals surface area contributed by atoms with Gasteiger partial charge in [0.1, 0.15) is 6.04 Å². The quantitative estimate of drug-likeness (QED) is 0.395. The Morgan fingerprint density at radius 3 is 2.43 bits per heavy atom. The molecule has 9 nitrogen and oxygen atoms in total. The molecule has 1 unspecified atom stereocenters. The Balaban J connectivity index is 2.19. The van der Waals surface area contributed by atoms with Gasteiger partial charge in [0, 0.05) is 18.5 Å². The van der Waals surface area contributed by atoms with Gasteiger partial charge < -0.3 is 14.8 Å². The number of rotatable bonds is 8. The van der Waals surface area contributed by atoms with Crippen LogP contribution in [0, 0.1) is 0 Å². The molecule has 0 aliphatic carbocycles. The summed E-state index contributed by atoms with van der Waals surface area (Å²) in [5.74, 6) is -2.89. The van der Waals surface area contributed by atoms with Crippen LogP contribution in [0.15, 0.2) is 30.9 Å². The number of fused-ring (bicyclic) bond motifs is 1. The topological polar surface area (TPSA) is 119 Å². The molecule has 2 rings (SSSR count). The second-order valence-corrected chi connectivity index (χ2v) is 5.93. The summed E-state index contributed by atoms with van der Waals surface area (Å²) in [5, 5.41) is 2.47. The number of esters is 2. The molecule has 1 atom stereocenters. The molecule has 1 aliphatic rings. The van der Waals surface area contributed by atoms with Crippen LogP contribution >= 0.6 is 0 Å². The van der Waals surface area contributed by atoms with E-state index in [1.807, 2.05) is 0 Å². The Hall–Kier alpha value is -3.49. The van der Waals surface area contributed by atoms with E-state index in [1.165, 1.54) is 31.4 Å². The molecule has 1 aliphatic heterocycles. The molecule has 0 bridgehead atoms. The number of carbonyl (C=O) groups is 5. The summed E-state index contributed by atoms with van der Waals surface area (Å²) in [7, 11) is 2.38. The van der Waals surface area contributed by atoms with Crippen LogP contribution in [0.25, 0.3) is 0 Å². The first kappa shape index (κ1) is 20.8. The smallest absolute Gasteiger partial charge is 0.328 e. The first-order valence-corrected chi connectivity index (χ1v) is 8.40. The number of amides is 3. The minimum absolute atomic E-state index is 0.0133. The van der Waals surface area contributed by atoms with Gasteiger partial charge in [-0.25, -0.2) is 4.79 Å². The lowest BCUT2D eigenvalue weighted by molar-refractivity contribution is -0.144. The maximum Gasteiger partial charge on any atom is 0.328 e. The van der Waals surface area contributed by atoms with E-state index in [0.717, 1.165) is 12.0 Å². The van der Waals surface area contributed by atoms with Crippen LogP contribution in [0.5, 0.6) is 0 Å². The zero-order valence-electron chi connectivity index (χ0n) is 15.5. The molecule has 28 heavy (non-hydrogen) atoms. The fourth-order valence-corrected chi connectivity index (χ4v) is 2.72. The summed E-state index contributed by atoms with van der Waals surface area (Å²) in [6, 6.07) is 2.99. The van der Waals surface area contributed by atoms with Crippen molar-refractivity contribution >= 4 is 29.7 Å². The zero-order chi connectivity index (χ0) is 20.8. The maximum atomic E-state index is 12.5. The van der Waals surface area contributed by atoms with Gasteiger partial charge in [-0.05, 0) is 24.6 Å². The van der Waals surface area contributed by atoms with Crippen LogP contribution < -0.4 is 5.32 Å². The molecule has 0 spiro atoms. The van der Waals surface area contributed by atoms with Crippen LogP contribution in [0.4, 0.5) is 0 Å². The number of carbonyl (C=O) groups excluding carboxylic acids is 5. The van der Waals surface area contributed by atoms with Crippen LogP contribution in [-0.4, -0.2) is 61.4 Å². The third-order valence-electron chi connectivity index (χ3n) is 4.20. The number of methoxy groups -OCH3 is 2. The molecule has 1 N–H and O–H groups in total. The number of nitrogens with zero attached hydrogens (tertiary/aromatic N) is 1. The van der Waals surface area contributed by atoms with E-state index in [4.69, 9.17) is 0 Å². The molecule has 1 heterocycles. The monoisotopic (exact) mass is 388 g/mol. The van der Waals surface area contributed by atoms with Crippen LogP contribution in [0.2, 0.25) is 0 Å². The number of hydrogen-bond acceptors (Lipinski definition) is 7. The van der Waals surface area contributed by atoms with Gasteiger partial charge in [0.05, 0.1) is 25.3 Å². The van der Waals surface area contributed by atoms with Crippen molar-refractivity contribution in [3.05, 3.63) is 47.5 Å². The lowest BCUT2D eigenvalue weighted by Gasteiger charge is -2.16. The summed E-state index contributed by atoms with van der Waals surface area (Å²) in [5.41, 5.74) is 0.384. The summed E-state index contributed by atoms with van der Waals surface area (Å²) in [6.07, 6.45) is 1.32. The Morgan fingerprint density at radius 1 is 1.14 bits per heavy atom. The molecule has 0 saturated carbocycles. The van der Waals surface area contributed by atoms with E-state index in [9.17, 15) is 24.0 Å². The summed E-state index contributed by atoms with van der Waals surface area (Å²) in [4.78, 5) is 61.3. The molecular formula is C19H20N2O7. The Morgan fingerprint density at radius 2 is 1.82 bits per heavy atom. The average Bonchev–Trinajstić information content (AvgIpc) is 2.94. The summed E-state index contributed by atoms with van der Waals surface area (Å²) >= 11 is 0. The molecule has 9 heteroatoms. The highest BCUT2D eigenvalue weighted by Crippen LogP contribution is 2.24. The standard InChI is InChI=1S/C19H20N2O7/c1-4-9-21-17(24)12-6-5-11(10-13(12)18(21)25)16(23)20-14(19(26)28-3)7-8-15(22)27-2/h4-6,10,14H,1,7-9H2,2-3H3,(H,20,23). The molecule has 0 saturated heterocycles. The fourth-order valence-electron chi connectivity index (χ4n) is 2.72. The largest absolute Gasteiger partial charge is 0.469 e. The van der Waals surface area contributed by atoms with Crippen molar-refractivity contribution in [1.82, 2.24) is 10.2 Å². The van der Waals surface area contributed by atoms with Crippen molar-refractivity contribution in [2.75, 3.05) is 20.8 Å². The van der Waals surface area contributed by atoms with E-state index < -0.39 is 35.7 Å². The van der Waals surface area contributed by atoms with Crippen molar-refractivity contribution in [2.24, 2.45) is 0 Å². The maximum absolute atomic E-state index is 12.5. The minimum atomic E-state index is -1.07. The van der Waals surface area contributed by atoms with E-state index in [2.05, 4.69) is 21.4 Å². The Labute approximate surface area is 161 Å². The zero-order valence-corrected chi connectivity index (χ0v) is 15.5. The van der Waals surface area contributed by atoms with E-state index in [1.54, 1.807) is 0 Å². The van der Waals surface area contributed by atoms with Gasteiger partial charge >= 0.3 is 11.9 Å². The van der Waals surface area contributed by atoms with E-state index in [0.29, 0.717) is 0 Å². The van der Waals surface area contributed by atoms with Crippen molar-refractivity contribution in [3.8, 4) is 0 Å². The second-order valence-electron chi connectivity index (χ2n) is 5.93. The van der Waals surface area contributed by atoms with Crippen molar-refractivity contribution < 1.29 is 33.4 Å². The molecule has 0 aromatic heterocycles. The molecule has 148 valence electrons. The predicted molar refractivity (Wildman–Crippen MR) is 96.5 cm³/mol. The molecule has 0 radical (unpaired) electrons. The average molecular weight is 388 g/mol. The summed E-state index contributed by atoms with van der Waals surface area (Å²) in [6.45, 7) is 3.57. The molecule has 0 fully saturated rings. The van der Waals surface area contributed by atoms with E-state index >= 15 is 0 Å². The van der Waals surface area contributed by atoms with Gasteiger partial charge in [-0.2, -0.15) is 0 Å². The van der Waals surface area contributed by atoms with Crippen molar-refractivity contribution in [1.29, 1.82) is 0 Å². The lowest BCUT2D eigenvalue weighted by Crippen LogP contribution is -2.42. The molecular weight excluding hydrogens is 368 g/mol. The molecule has 3 amide bonds. The van der Waals surface area contributed by atoms with Crippen molar-refractivity contribution in [3.63, 3.8) is 0 Å². The van der Waals surface area contributed by atoms with E-state index in [-0.39, 0.29) is 36.1 Å². The van der Waals surface area contributed by atoms with Gasteiger partial charge in [-0.1, -0.05) is 6.08 Å². The van der Waals surface area contributed by atoms with Crippen molar-refractivity contribution in [2.45, 2.75) is 18.9 Å². The predicted octanol–water partition coefficient (Wildman–Crippen LogP) is 0.693. The molecule has 1 aromatic carbocycles. The fraction of sp³-hybridized carbons (Fsp3) is 0.316. The van der Waals surface area contributed by atoms with Crippen LogP contribution in [-0.2, 0) is 19.1 Å². The number of benzene rings is 1. The minimum Gasteiger partial charge on any atom is -0.469 e. The van der Waals surface area contributed by atoms with Gasteiger partial charge in [-0.15, -0.1) is 6.58 Å². The highest BCUT2D eigenvalue weighted by molar-refractivity contribution is 6.22.